The van der Waals surface area contributed by atoms with E-state index in [0.717, 1.165) is 12.1 Å². The zero-order valence-corrected chi connectivity index (χ0v) is 7.87. The van der Waals surface area contributed by atoms with Crippen molar-refractivity contribution in [1.82, 2.24) is 5.32 Å². The smallest absolute Gasteiger partial charge is 0.123 e. The van der Waals surface area contributed by atoms with Crippen LogP contribution in [0.15, 0.2) is 24.3 Å². The van der Waals surface area contributed by atoms with Crippen molar-refractivity contribution in [2.24, 2.45) is 0 Å². The van der Waals surface area contributed by atoms with E-state index in [1.807, 2.05) is 0 Å². The van der Waals surface area contributed by atoms with Crippen LogP contribution in [-0.2, 0) is 4.74 Å². The first kappa shape index (κ1) is 8.38. The van der Waals surface area contributed by atoms with Gasteiger partial charge in [-0.05, 0) is 24.6 Å². The van der Waals surface area contributed by atoms with Gasteiger partial charge >= 0.3 is 0 Å². The maximum Gasteiger partial charge on any atom is 0.123 e. The number of ether oxygens (including phenoxy) is 1. The predicted molar refractivity (Wildman–Crippen MR) is 52.6 cm³/mol. The summed E-state index contributed by atoms with van der Waals surface area (Å²) in [6, 6.07) is 6.37. The fourth-order valence-electron chi connectivity index (χ4n) is 1.66. The Morgan fingerprint density at radius 2 is 2.29 bits per heavy atom. The van der Waals surface area contributed by atoms with Crippen molar-refractivity contribution in [2.75, 3.05) is 13.2 Å². The monoisotopic (exact) mass is 196 g/mol. The molecule has 1 fully saturated rings. The lowest BCUT2D eigenvalue weighted by molar-refractivity contribution is 0.00754. The van der Waals surface area contributed by atoms with Crippen molar-refractivity contribution in [1.29, 1.82) is 0 Å². The van der Waals surface area contributed by atoms with Gasteiger partial charge in [-0.15, -0.1) is 0 Å². The van der Waals surface area contributed by atoms with Crippen LogP contribution in [0, 0.1) is 5.82 Å². The van der Waals surface area contributed by atoms with Gasteiger partial charge in [0, 0.05) is 7.92 Å². The molecule has 0 amide bonds. The minimum absolute atomic E-state index is 0.0110. The van der Waals surface area contributed by atoms with Gasteiger partial charge in [0.05, 0.1) is 18.8 Å². The first-order valence-corrected chi connectivity index (χ1v) is 4.71. The summed E-state index contributed by atoms with van der Waals surface area (Å²) in [5, 5.41) is 3.29. The van der Waals surface area contributed by atoms with Crippen LogP contribution < -0.4 is 5.32 Å². The Balaban J connectivity index is 2.16. The molecule has 1 aromatic carbocycles. The van der Waals surface area contributed by atoms with Crippen molar-refractivity contribution >= 4 is 0 Å². The zero-order valence-electron chi connectivity index (χ0n) is 8.87. The highest BCUT2D eigenvalue weighted by atomic mass is 19.1. The zero-order chi connectivity index (χ0) is 10.7. The quantitative estimate of drug-likeness (QED) is 0.740. The third-order valence-electron chi connectivity index (χ3n) is 2.40. The molecule has 1 N–H and O–H groups in total. The Kier molecular flexibility index (Phi) is 2.44. The van der Waals surface area contributed by atoms with Crippen LogP contribution in [0.3, 0.4) is 0 Å². The molecule has 0 spiro atoms. The van der Waals surface area contributed by atoms with E-state index in [4.69, 9.17) is 6.11 Å². The summed E-state index contributed by atoms with van der Waals surface area (Å²) in [6.07, 6.45) is -0.135. The van der Waals surface area contributed by atoms with Gasteiger partial charge in [-0.1, -0.05) is 12.1 Å². The number of hydrogen-bond acceptors (Lipinski definition) is 2. The lowest BCUT2D eigenvalue weighted by Gasteiger charge is -2.30. The molecule has 0 radical (unpaired) electrons. The summed E-state index contributed by atoms with van der Waals surface area (Å²) in [5.74, 6) is -0.238. The summed E-state index contributed by atoms with van der Waals surface area (Å²) in [4.78, 5) is 0. The fourth-order valence-corrected chi connectivity index (χ4v) is 1.66. The van der Waals surface area contributed by atoms with Crippen molar-refractivity contribution in [2.45, 2.75) is 19.0 Å². The molecule has 0 bridgehead atoms. The Labute approximate surface area is 84.5 Å². The highest BCUT2D eigenvalue weighted by Crippen LogP contribution is 2.21. The first-order chi connectivity index (χ1) is 7.31. The van der Waals surface area contributed by atoms with Crippen LogP contribution in [0.25, 0.3) is 0 Å². The first-order valence-electron chi connectivity index (χ1n) is 5.41. The molecule has 1 heterocycles. The summed E-state index contributed by atoms with van der Waals surface area (Å²) < 4.78 is 25.6. The van der Waals surface area contributed by atoms with Crippen LogP contribution in [0.5, 0.6) is 0 Å². The van der Waals surface area contributed by atoms with E-state index in [1.54, 1.807) is 12.1 Å². The molecule has 1 aliphatic rings. The van der Waals surface area contributed by atoms with E-state index in [9.17, 15) is 4.39 Å². The predicted octanol–water partition coefficient (Wildman–Crippen LogP) is 1.88. The molecular formula is C11H14FNO. The van der Waals surface area contributed by atoms with Gasteiger partial charge in [-0.25, -0.2) is 4.39 Å². The van der Waals surface area contributed by atoms with E-state index in [0.29, 0.717) is 6.61 Å². The average Bonchev–Trinajstić information content (AvgIpc) is 2.30. The summed E-state index contributed by atoms with van der Waals surface area (Å²) in [6.45, 7) is 1.63. The van der Waals surface area contributed by atoms with Gasteiger partial charge in [-0.3, -0.25) is 0 Å². The highest BCUT2D eigenvalue weighted by Gasteiger charge is 2.22. The average molecular weight is 196 g/mol. The molecular weight excluding hydrogens is 181 g/mol. The second-order valence-electron chi connectivity index (χ2n) is 3.39. The number of hydrogen-bond donors (Lipinski definition) is 1. The molecule has 76 valence electrons. The van der Waals surface area contributed by atoms with Gasteiger partial charge in [0.25, 0.3) is 0 Å². The van der Waals surface area contributed by atoms with Crippen LogP contribution in [0.2, 0.25) is 0 Å². The molecule has 3 heteroatoms. The molecule has 1 saturated heterocycles. The molecule has 0 saturated carbocycles. The Morgan fingerprint density at radius 3 is 3.00 bits per heavy atom. The van der Waals surface area contributed by atoms with Crippen molar-refractivity contribution < 1.29 is 10.5 Å². The van der Waals surface area contributed by atoms with Crippen LogP contribution >= 0.6 is 0 Å². The normalized spacial score (nSPS) is 28.5. The number of benzene rings is 1. The van der Waals surface area contributed by atoms with Crippen LogP contribution in [0.1, 0.15) is 19.9 Å². The maximum absolute atomic E-state index is 12.7. The summed E-state index contributed by atoms with van der Waals surface area (Å²) in [5.41, 5.74) is 0.980. The van der Waals surface area contributed by atoms with Gasteiger partial charge in [0.2, 0.25) is 0 Å². The largest absolute Gasteiger partial charge is 0.375 e. The van der Waals surface area contributed by atoms with E-state index in [2.05, 4.69) is 5.32 Å². The van der Waals surface area contributed by atoms with Gasteiger partial charge in [0.1, 0.15) is 5.82 Å². The lowest BCUT2D eigenvalue weighted by atomic mass is 10.0. The SMILES string of the molecule is [2H]C[C@@H]1OCCN[C@H]1c1ccc(F)cc1. The van der Waals surface area contributed by atoms with Crippen molar-refractivity contribution in [3.05, 3.63) is 35.6 Å². The standard InChI is InChI=1S/C11H14FNO/c1-8-11(13-6-7-14-8)9-2-4-10(12)5-3-9/h2-5,8,11,13H,6-7H2,1H3/t8-,11+/m0/s1/i1D. The van der Waals surface area contributed by atoms with E-state index >= 15 is 0 Å². The molecule has 2 rings (SSSR count). The summed E-state index contributed by atoms with van der Waals surface area (Å²) in [7, 11) is 0. The maximum atomic E-state index is 12.7. The van der Waals surface area contributed by atoms with E-state index in [1.165, 1.54) is 12.1 Å². The Morgan fingerprint density at radius 1 is 1.50 bits per heavy atom. The molecule has 14 heavy (non-hydrogen) atoms. The molecule has 2 atom stereocenters. The number of halogens is 1. The van der Waals surface area contributed by atoms with Crippen molar-refractivity contribution in [3.63, 3.8) is 0 Å². The minimum Gasteiger partial charge on any atom is -0.375 e. The number of rotatable bonds is 1. The van der Waals surface area contributed by atoms with Crippen molar-refractivity contribution in [3.8, 4) is 0 Å². The number of nitrogens with one attached hydrogen (secondary N) is 1. The van der Waals surface area contributed by atoms with E-state index in [-0.39, 0.29) is 24.9 Å². The summed E-state index contributed by atoms with van der Waals surface area (Å²) >= 11 is 0. The molecule has 1 aromatic rings. The van der Waals surface area contributed by atoms with Crippen LogP contribution in [0.4, 0.5) is 4.39 Å². The lowest BCUT2D eigenvalue weighted by Crippen LogP contribution is -2.40. The van der Waals surface area contributed by atoms with Gasteiger partial charge in [-0.2, -0.15) is 0 Å². The second kappa shape index (κ2) is 4.07. The Hall–Kier alpha value is -0.930. The third-order valence-corrected chi connectivity index (χ3v) is 2.40. The second-order valence-corrected chi connectivity index (χ2v) is 3.39. The minimum atomic E-state index is -0.238. The highest BCUT2D eigenvalue weighted by molar-refractivity contribution is 5.21. The van der Waals surface area contributed by atoms with E-state index < -0.39 is 0 Å². The molecule has 2 nitrogen and oxygen atoms in total. The van der Waals surface area contributed by atoms with Gasteiger partial charge < -0.3 is 10.1 Å². The Bertz CT molecular complexity index is 317. The van der Waals surface area contributed by atoms with Gasteiger partial charge in [0.15, 0.2) is 0 Å². The fraction of sp³-hybridized carbons (Fsp3) is 0.455. The molecule has 1 aliphatic heterocycles. The molecule has 0 aliphatic carbocycles. The number of morpholine rings is 1. The molecule has 0 aromatic heterocycles. The topological polar surface area (TPSA) is 21.3 Å². The molecule has 0 unspecified atom stereocenters. The third kappa shape index (κ3) is 1.94. The van der Waals surface area contributed by atoms with Crippen LogP contribution in [-0.4, -0.2) is 19.3 Å².